The number of rotatable bonds is 4. The lowest BCUT2D eigenvalue weighted by Crippen LogP contribution is -2.46. The standard InChI is InChI=1S/C13H27N3O/c1-10(11(2)14)13(17)16-7-5-12(6-8-16)9-15(3)4/h10-12H,5-9,14H2,1-4H3. The van der Waals surface area contributed by atoms with E-state index in [1.54, 1.807) is 0 Å². The lowest BCUT2D eigenvalue weighted by molar-refractivity contribution is -0.136. The van der Waals surface area contributed by atoms with Crippen LogP contribution in [0.2, 0.25) is 0 Å². The molecule has 1 saturated heterocycles. The summed E-state index contributed by atoms with van der Waals surface area (Å²) in [5.74, 6) is 0.906. The van der Waals surface area contributed by atoms with Crippen LogP contribution in [0.1, 0.15) is 26.7 Å². The molecular weight excluding hydrogens is 214 g/mol. The van der Waals surface area contributed by atoms with Gasteiger partial charge in [-0.2, -0.15) is 0 Å². The summed E-state index contributed by atoms with van der Waals surface area (Å²) >= 11 is 0. The highest BCUT2D eigenvalue weighted by Crippen LogP contribution is 2.19. The minimum atomic E-state index is -0.0552. The van der Waals surface area contributed by atoms with Crippen LogP contribution in [0.25, 0.3) is 0 Å². The zero-order valence-electron chi connectivity index (χ0n) is 11.6. The number of carbonyl (C=O) groups is 1. The molecule has 1 heterocycles. The van der Waals surface area contributed by atoms with Crippen LogP contribution in [0.3, 0.4) is 0 Å². The summed E-state index contributed by atoms with van der Waals surface area (Å²) in [6.45, 7) is 6.76. The first-order chi connectivity index (χ1) is 7.91. The summed E-state index contributed by atoms with van der Waals surface area (Å²) in [4.78, 5) is 16.3. The molecule has 0 spiro atoms. The van der Waals surface area contributed by atoms with Crippen molar-refractivity contribution in [2.75, 3.05) is 33.7 Å². The smallest absolute Gasteiger partial charge is 0.226 e. The molecule has 4 heteroatoms. The Hall–Kier alpha value is -0.610. The molecule has 0 radical (unpaired) electrons. The summed E-state index contributed by atoms with van der Waals surface area (Å²) in [5, 5.41) is 0. The van der Waals surface area contributed by atoms with Crippen LogP contribution in [-0.4, -0.2) is 55.5 Å². The summed E-state index contributed by atoms with van der Waals surface area (Å²) in [5.41, 5.74) is 5.78. The highest BCUT2D eigenvalue weighted by molar-refractivity contribution is 5.79. The molecule has 100 valence electrons. The third kappa shape index (κ3) is 4.28. The highest BCUT2D eigenvalue weighted by atomic mass is 16.2. The monoisotopic (exact) mass is 241 g/mol. The van der Waals surface area contributed by atoms with Gasteiger partial charge in [-0.3, -0.25) is 4.79 Å². The largest absolute Gasteiger partial charge is 0.342 e. The van der Waals surface area contributed by atoms with Crippen LogP contribution >= 0.6 is 0 Å². The Bertz CT molecular complexity index is 245. The van der Waals surface area contributed by atoms with E-state index < -0.39 is 0 Å². The highest BCUT2D eigenvalue weighted by Gasteiger charge is 2.27. The lowest BCUT2D eigenvalue weighted by Gasteiger charge is -2.35. The second-order valence-corrected chi connectivity index (χ2v) is 5.68. The minimum Gasteiger partial charge on any atom is -0.342 e. The van der Waals surface area contributed by atoms with Crippen molar-refractivity contribution in [2.24, 2.45) is 17.6 Å². The normalized spacial score (nSPS) is 21.6. The van der Waals surface area contributed by atoms with Crippen LogP contribution in [-0.2, 0) is 4.79 Å². The molecule has 1 aliphatic heterocycles. The molecule has 0 aliphatic carbocycles. The van der Waals surface area contributed by atoms with Gasteiger partial charge in [0.05, 0.1) is 5.92 Å². The van der Waals surface area contributed by atoms with Gasteiger partial charge >= 0.3 is 0 Å². The average molecular weight is 241 g/mol. The third-order valence-electron chi connectivity index (χ3n) is 3.73. The van der Waals surface area contributed by atoms with Crippen molar-refractivity contribution >= 4 is 5.91 Å². The van der Waals surface area contributed by atoms with E-state index >= 15 is 0 Å². The maximum absolute atomic E-state index is 12.1. The molecule has 0 aromatic rings. The molecule has 1 fully saturated rings. The maximum Gasteiger partial charge on any atom is 0.226 e. The van der Waals surface area contributed by atoms with E-state index in [9.17, 15) is 4.79 Å². The predicted molar refractivity (Wildman–Crippen MR) is 70.7 cm³/mol. The van der Waals surface area contributed by atoms with Gasteiger partial charge in [0.25, 0.3) is 0 Å². The number of piperidine rings is 1. The molecule has 2 N–H and O–H groups in total. The van der Waals surface area contributed by atoms with Gasteiger partial charge in [-0.1, -0.05) is 6.92 Å². The third-order valence-corrected chi connectivity index (χ3v) is 3.73. The van der Waals surface area contributed by atoms with Crippen LogP contribution in [0, 0.1) is 11.8 Å². The van der Waals surface area contributed by atoms with Gasteiger partial charge in [0.15, 0.2) is 0 Å². The molecule has 17 heavy (non-hydrogen) atoms. The molecular formula is C13H27N3O. The number of hydrogen-bond acceptors (Lipinski definition) is 3. The zero-order valence-corrected chi connectivity index (χ0v) is 11.6. The van der Waals surface area contributed by atoms with Crippen LogP contribution in [0.15, 0.2) is 0 Å². The lowest BCUT2D eigenvalue weighted by atomic mass is 9.94. The molecule has 4 nitrogen and oxygen atoms in total. The predicted octanol–water partition coefficient (Wildman–Crippen LogP) is 0.770. The van der Waals surface area contributed by atoms with Gasteiger partial charge in [-0.05, 0) is 39.8 Å². The molecule has 1 amide bonds. The van der Waals surface area contributed by atoms with Crippen molar-refractivity contribution in [3.8, 4) is 0 Å². The van der Waals surface area contributed by atoms with E-state index in [0.29, 0.717) is 0 Å². The van der Waals surface area contributed by atoms with Crippen LogP contribution < -0.4 is 5.73 Å². The zero-order chi connectivity index (χ0) is 13.0. The number of nitrogens with two attached hydrogens (primary N) is 1. The summed E-state index contributed by atoms with van der Waals surface area (Å²) in [7, 11) is 4.21. The molecule has 2 unspecified atom stereocenters. The van der Waals surface area contributed by atoms with Gasteiger partial charge in [-0.15, -0.1) is 0 Å². The second-order valence-electron chi connectivity index (χ2n) is 5.68. The topological polar surface area (TPSA) is 49.6 Å². The number of hydrogen-bond donors (Lipinski definition) is 1. The number of carbonyl (C=O) groups excluding carboxylic acids is 1. The number of likely N-dealkylation sites (tertiary alicyclic amines) is 1. The Balaban J connectivity index is 2.39. The maximum atomic E-state index is 12.1. The summed E-state index contributed by atoms with van der Waals surface area (Å²) < 4.78 is 0. The van der Waals surface area contributed by atoms with Gasteiger partial charge < -0.3 is 15.5 Å². The van der Waals surface area contributed by atoms with Crippen molar-refractivity contribution in [1.29, 1.82) is 0 Å². The van der Waals surface area contributed by atoms with Crippen molar-refractivity contribution in [2.45, 2.75) is 32.7 Å². The van der Waals surface area contributed by atoms with Crippen LogP contribution in [0.5, 0.6) is 0 Å². The quantitative estimate of drug-likeness (QED) is 0.791. The first-order valence-electron chi connectivity index (χ1n) is 6.61. The van der Waals surface area contributed by atoms with Gasteiger partial charge in [0.1, 0.15) is 0 Å². The summed E-state index contributed by atoms with van der Waals surface area (Å²) in [6.07, 6.45) is 2.24. The molecule has 1 aliphatic rings. The first-order valence-corrected chi connectivity index (χ1v) is 6.61. The minimum absolute atomic E-state index is 0.0537. The van der Waals surface area contributed by atoms with Crippen molar-refractivity contribution in [3.63, 3.8) is 0 Å². The van der Waals surface area contributed by atoms with Gasteiger partial charge in [0, 0.05) is 25.7 Å². The average Bonchev–Trinajstić information content (AvgIpc) is 2.27. The van der Waals surface area contributed by atoms with Crippen molar-refractivity contribution in [3.05, 3.63) is 0 Å². The Morgan fingerprint density at radius 1 is 1.35 bits per heavy atom. The van der Waals surface area contributed by atoms with Crippen molar-refractivity contribution in [1.82, 2.24) is 9.80 Å². The van der Waals surface area contributed by atoms with Crippen LogP contribution in [0.4, 0.5) is 0 Å². The van der Waals surface area contributed by atoms with E-state index in [2.05, 4.69) is 19.0 Å². The molecule has 0 bridgehead atoms. The Morgan fingerprint density at radius 2 is 1.88 bits per heavy atom. The molecule has 0 aromatic heterocycles. The Labute approximate surface area is 105 Å². The van der Waals surface area contributed by atoms with Crippen molar-refractivity contribution < 1.29 is 4.79 Å². The number of amides is 1. The Morgan fingerprint density at radius 3 is 2.29 bits per heavy atom. The second kappa shape index (κ2) is 6.36. The van der Waals surface area contributed by atoms with E-state index in [4.69, 9.17) is 5.73 Å². The fourth-order valence-corrected chi connectivity index (χ4v) is 2.37. The van der Waals surface area contributed by atoms with Gasteiger partial charge in [0.2, 0.25) is 5.91 Å². The molecule has 1 rings (SSSR count). The SMILES string of the molecule is CC(N)C(C)C(=O)N1CCC(CN(C)C)CC1. The molecule has 0 saturated carbocycles. The Kier molecular flexibility index (Phi) is 5.40. The van der Waals surface area contributed by atoms with E-state index in [0.717, 1.165) is 38.4 Å². The van der Waals surface area contributed by atoms with E-state index in [1.165, 1.54) is 0 Å². The fourth-order valence-electron chi connectivity index (χ4n) is 2.37. The van der Waals surface area contributed by atoms with E-state index in [1.807, 2.05) is 18.7 Å². The molecule has 0 aromatic carbocycles. The number of nitrogens with zero attached hydrogens (tertiary/aromatic N) is 2. The fraction of sp³-hybridized carbons (Fsp3) is 0.923. The molecule has 2 atom stereocenters. The van der Waals surface area contributed by atoms with E-state index in [-0.39, 0.29) is 17.9 Å². The first kappa shape index (κ1) is 14.5. The summed E-state index contributed by atoms with van der Waals surface area (Å²) in [6, 6.07) is -0.0537. The van der Waals surface area contributed by atoms with Gasteiger partial charge in [-0.25, -0.2) is 0 Å².